The molecule has 4 heteroatoms. The summed E-state index contributed by atoms with van der Waals surface area (Å²) in [6.07, 6.45) is 0.348. The van der Waals surface area contributed by atoms with Gasteiger partial charge in [-0.3, -0.25) is 4.79 Å². The monoisotopic (exact) mass is 259 g/mol. The highest BCUT2D eigenvalue weighted by molar-refractivity contribution is 5.77. The van der Waals surface area contributed by atoms with Gasteiger partial charge in [-0.05, 0) is 5.56 Å². The van der Waals surface area contributed by atoms with E-state index in [0.717, 1.165) is 6.54 Å². The number of nitrogens with zero attached hydrogens (tertiary/aromatic N) is 1. The molecule has 1 aromatic carbocycles. The third kappa shape index (κ3) is 5.54. The molecule has 0 saturated carbocycles. The highest BCUT2D eigenvalue weighted by atomic mass is 16.1. The molecule has 2 N–H and O–H groups in total. The number of carbonyl (C=O) groups is 1. The summed E-state index contributed by atoms with van der Waals surface area (Å²) in [6.45, 7) is 5.70. The Labute approximate surface area is 114 Å². The van der Waals surface area contributed by atoms with Gasteiger partial charge in [0.2, 0.25) is 5.91 Å². The van der Waals surface area contributed by atoms with Crippen molar-refractivity contribution in [3.05, 3.63) is 35.9 Å². The van der Waals surface area contributed by atoms with Gasteiger partial charge in [-0.2, -0.15) is 5.26 Å². The van der Waals surface area contributed by atoms with Crippen LogP contribution in [-0.2, 0) is 10.2 Å². The van der Waals surface area contributed by atoms with Crippen LogP contribution in [0.1, 0.15) is 25.8 Å². The zero-order valence-corrected chi connectivity index (χ0v) is 11.6. The number of hydrogen-bond donors (Lipinski definition) is 2. The normalized spacial score (nSPS) is 10.8. The van der Waals surface area contributed by atoms with E-state index in [1.165, 1.54) is 5.56 Å². The van der Waals surface area contributed by atoms with E-state index in [1.807, 2.05) is 24.3 Å². The van der Waals surface area contributed by atoms with Crippen LogP contribution in [-0.4, -0.2) is 25.5 Å². The molecule has 0 aliphatic rings. The average molecular weight is 259 g/mol. The first-order valence-corrected chi connectivity index (χ1v) is 6.46. The van der Waals surface area contributed by atoms with Crippen molar-refractivity contribution in [3.63, 3.8) is 0 Å². The number of benzene rings is 1. The Kier molecular flexibility index (Phi) is 6.04. The number of amides is 1. The Morgan fingerprint density at radius 2 is 2.00 bits per heavy atom. The van der Waals surface area contributed by atoms with Gasteiger partial charge >= 0.3 is 0 Å². The molecule has 0 aliphatic heterocycles. The predicted molar refractivity (Wildman–Crippen MR) is 75.6 cm³/mol. The summed E-state index contributed by atoms with van der Waals surface area (Å²) in [7, 11) is 0. The first-order chi connectivity index (χ1) is 9.06. The molecule has 0 aromatic heterocycles. The molecule has 0 heterocycles. The summed E-state index contributed by atoms with van der Waals surface area (Å²) in [4.78, 5) is 11.5. The summed E-state index contributed by atoms with van der Waals surface area (Å²) in [5.41, 5.74) is 1.22. The summed E-state index contributed by atoms with van der Waals surface area (Å²) in [6, 6.07) is 12.2. The molecule has 0 radical (unpaired) electrons. The van der Waals surface area contributed by atoms with E-state index < -0.39 is 0 Å². The lowest BCUT2D eigenvalue weighted by Crippen LogP contribution is -2.40. The van der Waals surface area contributed by atoms with Crippen molar-refractivity contribution in [1.82, 2.24) is 10.6 Å². The molecule has 1 aromatic rings. The van der Waals surface area contributed by atoms with Gasteiger partial charge in [0.05, 0.1) is 19.0 Å². The molecule has 4 nitrogen and oxygen atoms in total. The smallest absolute Gasteiger partial charge is 0.233 e. The fraction of sp³-hybridized carbons (Fsp3) is 0.467. The molecular weight excluding hydrogens is 238 g/mol. The number of nitriles is 1. The lowest BCUT2D eigenvalue weighted by molar-refractivity contribution is -0.120. The minimum Gasteiger partial charge on any atom is -0.354 e. The minimum absolute atomic E-state index is 0.0196. The maximum Gasteiger partial charge on any atom is 0.233 e. The minimum atomic E-state index is -0.0703. The molecule has 102 valence electrons. The molecule has 0 spiro atoms. The Hall–Kier alpha value is -1.86. The van der Waals surface area contributed by atoms with Gasteiger partial charge in [-0.1, -0.05) is 44.2 Å². The van der Waals surface area contributed by atoms with Gasteiger partial charge < -0.3 is 10.6 Å². The van der Waals surface area contributed by atoms with Crippen LogP contribution in [0.25, 0.3) is 0 Å². The van der Waals surface area contributed by atoms with E-state index in [0.29, 0.717) is 13.0 Å². The number of nitrogens with one attached hydrogen (secondary N) is 2. The van der Waals surface area contributed by atoms with E-state index in [2.05, 4.69) is 36.6 Å². The summed E-state index contributed by atoms with van der Waals surface area (Å²) < 4.78 is 0. The topological polar surface area (TPSA) is 64.9 Å². The third-order valence-corrected chi connectivity index (χ3v) is 2.97. The van der Waals surface area contributed by atoms with E-state index in [1.54, 1.807) is 0 Å². The summed E-state index contributed by atoms with van der Waals surface area (Å²) in [5.74, 6) is -0.0703. The fourth-order valence-electron chi connectivity index (χ4n) is 1.80. The van der Waals surface area contributed by atoms with Gasteiger partial charge in [0.15, 0.2) is 0 Å². The zero-order valence-electron chi connectivity index (χ0n) is 11.6. The maximum atomic E-state index is 11.5. The van der Waals surface area contributed by atoms with Crippen molar-refractivity contribution < 1.29 is 4.79 Å². The second kappa shape index (κ2) is 7.55. The second-order valence-electron chi connectivity index (χ2n) is 5.11. The summed E-state index contributed by atoms with van der Waals surface area (Å²) in [5, 5.41) is 14.2. The Morgan fingerprint density at radius 1 is 1.32 bits per heavy atom. The van der Waals surface area contributed by atoms with Crippen LogP contribution < -0.4 is 10.6 Å². The van der Waals surface area contributed by atoms with Crippen molar-refractivity contribution >= 4 is 5.91 Å². The predicted octanol–water partition coefficient (Wildman–Crippen LogP) is 1.58. The molecule has 0 aliphatic carbocycles. The molecule has 0 saturated heterocycles. The largest absolute Gasteiger partial charge is 0.354 e. The Bertz CT molecular complexity index is 434. The summed E-state index contributed by atoms with van der Waals surface area (Å²) >= 11 is 0. The van der Waals surface area contributed by atoms with Crippen molar-refractivity contribution in [1.29, 1.82) is 5.26 Å². The van der Waals surface area contributed by atoms with Crippen LogP contribution in [0.5, 0.6) is 0 Å². The Balaban J connectivity index is 2.32. The van der Waals surface area contributed by atoms with Crippen LogP contribution >= 0.6 is 0 Å². The molecule has 19 heavy (non-hydrogen) atoms. The highest BCUT2D eigenvalue weighted by Gasteiger charge is 2.19. The molecule has 0 bridgehead atoms. The first kappa shape index (κ1) is 15.2. The zero-order chi connectivity index (χ0) is 14.1. The molecule has 1 amide bonds. The van der Waals surface area contributed by atoms with Gasteiger partial charge in [0.25, 0.3) is 0 Å². The van der Waals surface area contributed by atoms with E-state index in [9.17, 15) is 4.79 Å². The third-order valence-electron chi connectivity index (χ3n) is 2.97. The van der Waals surface area contributed by atoms with Crippen molar-refractivity contribution in [2.24, 2.45) is 0 Å². The molecule has 0 unspecified atom stereocenters. The van der Waals surface area contributed by atoms with Crippen LogP contribution in [0.4, 0.5) is 0 Å². The quantitative estimate of drug-likeness (QED) is 0.731. The van der Waals surface area contributed by atoms with Gasteiger partial charge in [0, 0.05) is 18.5 Å². The van der Waals surface area contributed by atoms with Crippen LogP contribution in [0.2, 0.25) is 0 Å². The van der Waals surface area contributed by atoms with Crippen molar-refractivity contribution in [2.45, 2.75) is 25.7 Å². The standard InChI is InChI=1S/C15H21N3O/c1-15(2,13-7-4-3-5-8-13)12-17-11-14(19)18-10-6-9-16/h3-5,7-8,17H,6,10-12H2,1-2H3,(H,18,19). The van der Waals surface area contributed by atoms with Gasteiger partial charge in [0.1, 0.15) is 0 Å². The molecule has 0 atom stereocenters. The van der Waals surface area contributed by atoms with Crippen molar-refractivity contribution in [2.75, 3.05) is 19.6 Å². The Morgan fingerprint density at radius 3 is 2.63 bits per heavy atom. The number of hydrogen-bond acceptors (Lipinski definition) is 3. The van der Waals surface area contributed by atoms with E-state index >= 15 is 0 Å². The highest BCUT2D eigenvalue weighted by Crippen LogP contribution is 2.21. The molecular formula is C15H21N3O. The fourth-order valence-corrected chi connectivity index (χ4v) is 1.80. The second-order valence-corrected chi connectivity index (χ2v) is 5.11. The maximum absolute atomic E-state index is 11.5. The van der Waals surface area contributed by atoms with Crippen LogP contribution in [0.15, 0.2) is 30.3 Å². The van der Waals surface area contributed by atoms with E-state index in [4.69, 9.17) is 5.26 Å². The number of carbonyl (C=O) groups excluding carboxylic acids is 1. The lowest BCUT2D eigenvalue weighted by atomic mass is 9.85. The van der Waals surface area contributed by atoms with Crippen LogP contribution in [0.3, 0.4) is 0 Å². The molecule has 1 rings (SSSR count). The first-order valence-electron chi connectivity index (χ1n) is 6.46. The lowest BCUT2D eigenvalue weighted by Gasteiger charge is -2.25. The van der Waals surface area contributed by atoms with Crippen molar-refractivity contribution in [3.8, 4) is 6.07 Å². The van der Waals surface area contributed by atoms with Gasteiger partial charge in [-0.15, -0.1) is 0 Å². The average Bonchev–Trinajstić information content (AvgIpc) is 2.40. The van der Waals surface area contributed by atoms with Crippen LogP contribution in [0, 0.1) is 11.3 Å². The number of rotatable bonds is 7. The van der Waals surface area contributed by atoms with E-state index in [-0.39, 0.29) is 17.9 Å². The van der Waals surface area contributed by atoms with Gasteiger partial charge in [-0.25, -0.2) is 0 Å². The SMILES string of the molecule is CC(C)(CNCC(=O)NCCC#N)c1ccccc1. The molecule has 0 fully saturated rings.